The summed E-state index contributed by atoms with van der Waals surface area (Å²) in [6.07, 6.45) is 9.62. The fourth-order valence-corrected chi connectivity index (χ4v) is 6.17. The first-order valence-corrected chi connectivity index (χ1v) is 10.3. The average Bonchev–Trinajstić information content (AvgIpc) is 2.62. The molecule has 0 unspecified atom stereocenters. The molecule has 6 heteroatoms. The molecule has 0 amide bonds. The molecule has 1 aromatic heterocycles. The van der Waals surface area contributed by atoms with Crippen molar-refractivity contribution in [2.24, 2.45) is 17.8 Å². The van der Waals surface area contributed by atoms with Gasteiger partial charge in [-0.2, -0.15) is 0 Å². The van der Waals surface area contributed by atoms with Gasteiger partial charge in [-0.3, -0.25) is 0 Å². The number of rotatable bonds is 5. The van der Waals surface area contributed by atoms with Gasteiger partial charge in [-0.1, -0.05) is 29.8 Å². The predicted molar refractivity (Wildman–Crippen MR) is 110 cm³/mol. The minimum absolute atomic E-state index is 0.178. The zero-order valence-corrected chi connectivity index (χ0v) is 16.2. The van der Waals surface area contributed by atoms with Crippen molar-refractivity contribution in [2.75, 3.05) is 16.4 Å². The molecule has 6 rings (SSSR count). The van der Waals surface area contributed by atoms with Crippen LogP contribution in [0, 0.1) is 17.8 Å². The van der Waals surface area contributed by atoms with Crippen LogP contribution in [0.3, 0.4) is 0 Å². The Hall–Kier alpha value is -2.01. The van der Waals surface area contributed by atoms with Gasteiger partial charge >= 0.3 is 0 Å². The smallest absolute Gasteiger partial charge is 0.155 e. The highest BCUT2D eigenvalue weighted by Gasteiger charge is 2.51. The number of nitrogens with zero attached hydrogens (tertiary/aromatic N) is 2. The summed E-state index contributed by atoms with van der Waals surface area (Å²) >= 11 is 6.25. The molecule has 4 N–H and O–H groups in total. The minimum Gasteiger partial charge on any atom is -0.393 e. The Kier molecular flexibility index (Phi) is 4.15. The zero-order chi connectivity index (χ0) is 18.4. The third kappa shape index (κ3) is 3.22. The van der Waals surface area contributed by atoms with Crippen LogP contribution in [-0.2, 0) is 6.54 Å². The molecule has 142 valence electrons. The van der Waals surface area contributed by atoms with Crippen LogP contribution in [0.15, 0.2) is 30.6 Å². The van der Waals surface area contributed by atoms with Crippen LogP contribution in [-0.4, -0.2) is 15.5 Å². The number of nitrogen functional groups attached to an aromatic ring is 1. The van der Waals surface area contributed by atoms with Crippen molar-refractivity contribution in [2.45, 2.75) is 50.6 Å². The van der Waals surface area contributed by atoms with Gasteiger partial charge in [-0.25, -0.2) is 9.97 Å². The van der Waals surface area contributed by atoms with Crippen LogP contribution < -0.4 is 16.4 Å². The molecule has 27 heavy (non-hydrogen) atoms. The Balaban J connectivity index is 1.34. The number of benzene rings is 1. The Morgan fingerprint density at radius 1 is 1.00 bits per heavy atom. The van der Waals surface area contributed by atoms with E-state index in [1.54, 1.807) is 6.33 Å². The van der Waals surface area contributed by atoms with E-state index in [-0.39, 0.29) is 5.54 Å². The molecule has 4 fully saturated rings. The van der Waals surface area contributed by atoms with E-state index in [9.17, 15) is 0 Å². The van der Waals surface area contributed by atoms with Crippen LogP contribution in [0.5, 0.6) is 0 Å². The maximum Gasteiger partial charge on any atom is 0.155 e. The summed E-state index contributed by atoms with van der Waals surface area (Å²) in [6.45, 7) is 0.581. The van der Waals surface area contributed by atoms with E-state index in [0.717, 1.165) is 34.2 Å². The lowest BCUT2D eigenvalue weighted by Gasteiger charge is -2.57. The fraction of sp³-hybridized carbons (Fsp3) is 0.524. The Bertz CT molecular complexity index is 817. The van der Waals surface area contributed by atoms with Crippen LogP contribution in [0.1, 0.15) is 44.1 Å². The van der Waals surface area contributed by atoms with E-state index in [1.165, 1.54) is 38.5 Å². The second-order valence-corrected chi connectivity index (χ2v) is 9.16. The second-order valence-electron chi connectivity index (χ2n) is 8.75. The highest BCUT2D eigenvalue weighted by atomic mass is 35.5. The molecule has 0 spiro atoms. The molecule has 0 aliphatic heterocycles. The van der Waals surface area contributed by atoms with Crippen molar-refractivity contribution < 1.29 is 0 Å². The quantitative estimate of drug-likeness (QED) is 0.697. The molecule has 4 aliphatic rings. The van der Waals surface area contributed by atoms with Crippen molar-refractivity contribution in [1.29, 1.82) is 0 Å². The molecule has 5 nitrogen and oxygen atoms in total. The fourth-order valence-electron chi connectivity index (χ4n) is 5.97. The van der Waals surface area contributed by atoms with Gasteiger partial charge in [-0.15, -0.1) is 0 Å². The molecule has 0 saturated heterocycles. The van der Waals surface area contributed by atoms with E-state index in [4.69, 9.17) is 17.3 Å². The molecular weight excluding hydrogens is 358 g/mol. The summed E-state index contributed by atoms with van der Waals surface area (Å²) in [5.41, 5.74) is 8.23. The average molecular weight is 384 g/mol. The molecule has 0 radical (unpaired) electrons. The summed E-state index contributed by atoms with van der Waals surface area (Å²) in [7, 11) is 0. The predicted octanol–water partition coefficient (Wildman–Crippen LogP) is 4.71. The van der Waals surface area contributed by atoms with E-state index >= 15 is 0 Å². The minimum atomic E-state index is 0.178. The normalized spacial score (nSPS) is 31.1. The Labute approximate surface area is 165 Å². The monoisotopic (exact) mass is 383 g/mol. The van der Waals surface area contributed by atoms with Crippen molar-refractivity contribution >= 4 is 28.9 Å². The molecule has 4 saturated carbocycles. The van der Waals surface area contributed by atoms with Gasteiger partial charge in [0.1, 0.15) is 12.0 Å². The number of nitrogens with two attached hydrogens (primary N) is 1. The summed E-state index contributed by atoms with van der Waals surface area (Å²) < 4.78 is 0. The molecule has 1 aromatic carbocycles. The van der Waals surface area contributed by atoms with Crippen molar-refractivity contribution in [3.05, 3.63) is 41.2 Å². The maximum atomic E-state index is 6.43. The second kappa shape index (κ2) is 6.55. The lowest BCUT2D eigenvalue weighted by molar-refractivity contribution is 0.0106. The topological polar surface area (TPSA) is 75.9 Å². The van der Waals surface area contributed by atoms with Gasteiger partial charge in [0.05, 0.1) is 0 Å². The van der Waals surface area contributed by atoms with Crippen LogP contribution in [0.4, 0.5) is 17.3 Å². The molecule has 1 heterocycles. The third-order valence-corrected chi connectivity index (χ3v) is 7.08. The molecular formula is C21H26ClN5. The summed E-state index contributed by atoms with van der Waals surface area (Å²) in [5, 5.41) is 7.82. The van der Waals surface area contributed by atoms with Gasteiger partial charge < -0.3 is 16.4 Å². The van der Waals surface area contributed by atoms with Crippen molar-refractivity contribution in [3.8, 4) is 0 Å². The highest BCUT2D eigenvalue weighted by Crippen LogP contribution is 2.56. The molecule has 4 aliphatic carbocycles. The number of hydrogen-bond acceptors (Lipinski definition) is 5. The third-order valence-electron chi connectivity index (χ3n) is 6.71. The largest absolute Gasteiger partial charge is 0.393 e. The van der Waals surface area contributed by atoms with E-state index < -0.39 is 0 Å². The Morgan fingerprint density at radius 2 is 1.63 bits per heavy atom. The Morgan fingerprint density at radius 3 is 2.30 bits per heavy atom. The summed E-state index contributed by atoms with van der Waals surface area (Å²) in [4.78, 5) is 8.82. The summed E-state index contributed by atoms with van der Waals surface area (Å²) in [5.74, 6) is 4.07. The molecule has 4 bridgehead atoms. The van der Waals surface area contributed by atoms with Crippen molar-refractivity contribution in [3.63, 3.8) is 0 Å². The van der Waals surface area contributed by atoms with Gasteiger partial charge in [0, 0.05) is 17.1 Å². The lowest BCUT2D eigenvalue weighted by Crippen LogP contribution is -2.55. The first-order valence-electron chi connectivity index (χ1n) is 9.96. The maximum absolute atomic E-state index is 6.43. The van der Waals surface area contributed by atoms with Gasteiger partial charge in [0.2, 0.25) is 0 Å². The van der Waals surface area contributed by atoms with E-state index in [0.29, 0.717) is 18.1 Å². The zero-order valence-electron chi connectivity index (χ0n) is 15.4. The van der Waals surface area contributed by atoms with Crippen LogP contribution >= 0.6 is 11.6 Å². The van der Waals surface area contributed by atoms with Crippen LogP contribution in [0.2, 0.25) is 5.02 Å². The number of hydrogen-bond donors (Lipinski definition) is 3. The molecule has 2 aromatic rings. The van der Waals surface area contributed by atoms with E-state index in [1.807, 2.05) is 24.3 Å². The highest BCUT2D eigenvalue weighted by molar-refractivity contribution is 6.31. The SMILES string of the molecule is Nc1c(NCc2ccccc2Cl)ncnc1NC12CC3CC(CC(C3)C1)C2. The van der Waals surface area contributed by atoms with Gasteiger partial charge in [0.25, 0.3) is 0 Å². The summed E-state index contributed by atoms with van der Waals surface area (Å²) in [6, 6.07) is 7.80. The first-order chi connectivity index (χ1) is 13.1. The lowest BCUT2D eigenvalue weighted by atomic mass is 9.53. The van der Waals surface area contributed by atoms with Crippen LogP contribution in [0.25, 0.3) is 0 Å². The van der Waals surface area contributed by atoms with E-state index in [2.05, 4.69) is 20.6 Å². The number of nitrogens with one attached hydrogen (secondary N) is 2. The standard InChI is InChI=1S/C21H26ClN5/c22-17-4-2-1-3-16(17)11-24-19-18(23)20(26-12-25-19)27-21-8-13-5-14(9-21)7-15(6-13)10-21/h1-4,12-15H,5-11,23H2,(H2,24,25,26,27). The molecule has 0 atom stereocenters. The van der Waals surface area contributed by atoms with Crippen molar-refractivity contribution in [1.82, 2.24) is 9.97 Å². The van der Waals surface area contributed by atoms with Gasteiger partial charge in [0.15, 0.2) is 11.6 Å². The van der Waals surface area contributed by atoms with Gasteiger partial charge in [-0.05, 0) is 67.9 Å². The first kappa shape index (κ1) is 17.1. The number of aromatic nitrogens is 2. The number of halogens is 1. The number of anilines is 3.